The Hall–Kier alpha value is -2.80. The zero-order valence-electron chi connectivity index (χ0n) is 17.4. The number of hydrogen-bond donors (Lipinski definition) is 1. The molecule has 0 radical (unpaired) electrons. The van der Waals surface area contributed by atoms with Crippen molar-refractivity contribution in [2.24, 2.45) is 5.92 Å². The van der Waals surface area contributed by atoms with Crippen LogP contribution >= 0.6 is 11.6 Å². The molecule has 2 aromatic rings. The zero-order chi connectivity index (χ0) is 21.8. The molecule has 8 heteroatoms. The molecule has 1 atom stereocenters. The lowest BCUT2D eigenvalue weighted by Gasteiger charge is -2.29. The first kappa shape index (κ1) is 21.4. The lowest BCUT2D eigenvalue weighted by atomic mass is 9.92. The number of nitrogens with zero attached hydrogens (tertiary/aromatic N) is 2. The van der Waals surface area contributed by atoms with Crippen LogP contribution in [0.3, 0.4) is 0 Å². The van der Waals surface area contributed by atoms with Gasteiger partial charge in [-0.15, -0.1) is 0 Å². The maximum Gasteiger partial charge on any atom is 0.227 e. The summed E-state index contributed by atoms with van der Waals surface area (Å²) in [5, 5.41) is 3.72. The van der Waals surface area contributed by atoms with Crippen LogP contribution < -0.4 is 19.7 Å². The molecule has 2 fully saturated rings. The van der Waals surface area contributed by atoms with Crippen molar-refractivity contribution in [1.29, 1.82) is 0 Å². The van der Waals surface area contributed by atoms with Gasteiger partial charge in [-0.2, -0.15) is 0 Å². The Kier molecular flexibility index (Phi) is 6.61. The molecule has 7 nitrogen and oxygen atoms in total. The van der Waals surface area contributed by atoms with Crippen LogP contribution in [-0.2, 0) is 9.59 Å². The lowest BCUT2D eigenvalue weighted by molar-refractivity contribution is -0.127. The highest BCUT2D eigenvalue weighted by Crippen LogP contribution is 2.28. The number of amides is 2. The normalized spacial score (nSPS) is 23.5. The van der Waals surface area contributed by atoms with Crippen molar-refractivity contribution in [1.82, 2.24) is 10.3 Å². The van der Waals surface area contributed by atoms with Gasteiger partial charge in [0.05, 0.1) is 18.1 Å². The number of pyridine rings is 1. The highest BCUT2D eigenvalue weighted by atomic mass is 35.5. The molecule has 1 saturated heterocycles. The third-order valence-corrected chi connectivity index (χ3v) is 6.11. The second-order valence-corrected chi connectivity index (χ2v) is 8.45. The average Bonchev–Trinajstić information content (AvgIpc) is 3.18. The molecule has 2 aliphatic rings. The third kappa shape index (κ3) is 5.28. The Morgan fingerprint density at radius 1 is 1.13 bits per heavy atom. The molecular weight excluding hydrogens is 418 g/mol. The van der Waals surface area contributed by atoms with E-state index in [9.17, 15) is 9.59 Å². The standard InChI is InChI=1S/C23H26ClN3O4/c1-30-19-9-5-18(6-10-19)27-14-15(12-22(27)28)23(29)26-17-3-7-20(8-4-17)31-21-11-2-16(24)13-25-21/h2,5-6,9-11,13,15,17,20H,3-4,7-8,12,14H2,1H3,(H,26,29). The van der Waals surface area contributed by atoms with Crippen LogP contribution in [0.15, 0.2) is 42.6 Å². The molecule has 1 unspecified atom stereocenters. The molecule has 1 N–H and O–H groups in total. The fourth-order valence-corrected chi connectivity index (χ4v) is 4.25. The first-order valence-electron chi connectivity index (χ1n) is 10.5. The van der Waals surface area contributed by atoms with Crippen molar-refractivity contribution >= 4 is 29.1 Å². The van der Waals surface area contributed by atoms with Crippen LogP contribution in [0.1, 0.15) is 32.1 Å². The molecule has 4 rings (SSSR count). The molecule has 2 amide bonds. The minimum absolute atomic E-state index is 0.0297. The zero-order valence-corrected chi connectivity index (χ0v) is 18.2. The van der Waals surface area contributed by atoms with E-state index in [2.05, 4.69) is 10.3 Å². The Morgan fingerprint density at radius 3 is 2.52 bits per heavy atom. The van der Waals surface area contributed by atoms with E-state index >= 15 is 0 Å². The molecule has 2 heterocycles. The predicted molar refractivity (Wildman–Crippen MR) is 118 cm³/mol. The molecule has 1 aliphatic heterocycles. The van der Waals surface area contributed by atoms with Gasteiger partial charge in [-0.05, 0) is 56.0 Å². The van der Waals surface area contributed by atoms with Gasteiger partial charge in [-0.3, -0.25) is 9.59 Å². The molecule has 1 saturated carbocycles. The van der Waals surface area contributed by atoms with Crippen LogP contribution in [0.25, 0.3) is 0 Å². The molecule has 31 heavy (non-hydrogen) atoms. The van der Waals surface area contributed by atoms with Gasteiger partial charge in [-0.1, -0.05) is 11.6 Å². The molecule has 1 aliphatic carbocycles. The number of hydrogen-bond acceptors (Lipinski definition) is 5. The van der Waals surface area contributed by atoms with Crippen LogP contribution in [0, 0.1) is 5.92 Å². The number of nitrogens with one attached hydrogen (secondary N) is 1. The van der Waals surface area contributed by atoms with E-state index in [1.165, 1.54) is 0 Å². The van der Waals surface area contributed by atoms with Crippen molar-refractivity contribution in [3.63, 3.8) is 0 Å². The monoisotopic (exact) mass is 443 g/mol. The molecule has 0 bridgehead atoms. The maximum absolute atomic E-state index is 12.8. The number of halogens is 1. The minimum Gasteiger partial charge on any atom is -0.497 e. The van der Waals surface area contributed by atoms with Gasteiger partial charge in [0.1, 0.15) is 11.9 Å². The maximum atomic E-state index is 12.8. The van der Waals surface area contributed by atoms with E-state index in [0.29, 0.717) is 17.4 Å². The summed E-state index contributed by atoms with van der Waals surface area (Å²) < 4.78 is 11.1. The number of benzene rings is 1. The molecule has 0 spiro atoms. The van der Waals surface area contributed by atoms with Gasteiger partial charge < -0.3 is 19.7 Å². The molecule has 1 aromatic carbocycles. The van der Waals surface area contributed by atoms with Crippen LogP contribution in [0.4, 0.5) is 5.69 Å². The summed E-state index contributed by atoms with van der Waals surface area (Å²) in [5.41, 5.74) is 0.787. The second-order valence-electron chi connectivity index (χ2n) is 8.02. The van der Waals surface area contributed by atoms with Gasteiger partial charge in [-0.25, -0.2) is 4.98 Å². The number of aromatic nitrogens is 1. The van der Waals surface area contributed by atoms with Gasteiger partial charge >= 0.3 is 0 Å². The first-order valence-corrected chi connectivity index (χ1v) is 10.9. The van der Waals surface area contributed by atoms with Crippen molar-refractivity contribution in [3.05, 3.63) is 47.6 Å². The Bertz CT molecular complexity index is 911. The Labute approximate surface area is 186 Å². The quantitative estimate of drug-likeness (QED) is 0.737. The van der Waals surface area contributed by atoms with Crippen molar-refractivity contribution in [3.8, 4) is 11.6 Å². The predicted octanol–water partition coefficient (Wildman–Crippen LogP) is 3.60. The minimum atomic E-state index is -0.332. The lowest BCUT2D eigenvalue weighted by Crippen LogP contribution is -2.43. The summed E-state index contributed by atoms with van der Waals surface area (Å²) in [5.74, 6) is 0.893. The molecule has 1 aromatic heterocycles. The number of anilines is 1. The molecular formula is C23H26ClN3O4. The fourth-order valence-electron chi connectivity index (χ4n) is 4.14. The van der Waals surface area contributed by atoms with Crippen LogP contribution in [0.5, 0.6) is 11.6 Å². The smallest absolute Gasteiger partial charge is 0.227 e. The number of ether oxygens (including phenoxy) is 2. The Balaban J connectivity index is 1.25. The number of methoxy groups -OCH3 is 1. The summed E-state index contributed by atoms with van der Waals surface area (Å²) in [6, 6.07) is 10.9. The highest BCUT2D eigenvalue weighted by Gasteiger charge is 2.36. The number of rotatable bonds is 6. The van der Waals surface area contributed by atoms with E-state index in [-0.39, 0.29) is 36.3 Å². The van der Waals surface area contributed by atoms with Crippen molar-refractivity contribution in [2.75, 3.05) is 18.6 Å². The van der Waals surface area contributed by atoms with Gasteiger partial charge in [0.25, 0.3) is 0 Å². The van der Waals surface area contributed by atoms with E-state index < -0.39 is 0 Å². The summed E-state index contributed by atoms with van der Waals surface area (Å²) in [6.45, 7) is 0.400. The van der Waals surface area contributed by atoms with E-state index in [1.807, 2.05) is 24.3 Å². The third-order valence-electron chi connectivity index (χ3n) is 5.89. The fraction of sp³-hybridized carbons (Fsp3) is 0.435. The van der Waals surface area contributed by atoms with Crippen LogP contribution in [0.2, 0.25) is 5.02 Å². The number of carbonyl (C=O) groups excluding carboxylic acids is 2. The summed E-state index contributed by atoms with van der Waals surface area (Å²) in [4.78, 5) is 31.1. The van der Waals surface area contributed by atoms with E-state index in [1.54, 1.807) is 30.3 Å². The van der Waals surface area contributed by atoms with Gasteiger partial charge in [0.2, 0.25) is 17.7 Å². The van der Waals surface area contributed by atoms with Crippen LogP contribution in [-0.4, -0.2) is 42.6 Å². The Morgan fingerprint density at radius 2 is 1.87 bits per heavy atom. The first-order chi connectivity index (χ1) is 15.0. The summed E-state index contributed by atoms with van der Waals surface area (Å²) >= 11 is 5.85. The largest absolute Gasteiger partial charge is 0.497 e. The highest BCUT2D eigenvalue weighted by molar-refractivity contribution is 6.30. The second kappa shape index (κ2) is 9.56. The van der Waals surface area contributed by atoms with Gasteiger partial charge in [0.15, 0.2) is 0 Å². The van der Waals surface area contributed by atoms with Crippen molar-refractivity contribution in [2.45, 2.75) is 44.2 Å². The summed E-state index contributed by atoms with van der Waals surface area (Å²) in [6.07, 6.45) is 5.26. The summed E-state index contributed by atoms with van der Waals surface area (Å²) in [7, 11) is 1.60. The van der Waals surface area contributed by atoms with Gasteiger partial charge in [0, 0.05) is 37.0 Å². The van der Waals surface area contributed by atoms with E-state index in [4.69, 9.17) is 21.1 Å². The number of carbonyl (C=O) groups is 2. The topological polar surface area (TPSA) is 80.8 Å². The van der Waals surface area contributed by atoms with E-state index in [0.717, 1.165) is 37.1 Å². The SMILES string of the molecule is COc1ccc(N2CC(C(=O)NC3CCC(Oc4ccc(Cl)cn4)CC3)CC2=O)cc1. The van der Waals surface area contributed by atoms with Crippen molar-refractivity contribution < 1.29 is 19.1 Å². The average molecular weight is 444 g/mol. The molecule has 164 valence electrons.